The van der Waals surface area contributed by atoms with Gasteiger partial charge in [0.05, 0.1) is 0 Å². The molecule has 2 saturated heterocycles. The first-order chi connectivity index (χ1) is 10.1. The van der Waals surface area contributed by atoms with Gasteiger partial charge in [-0.2, -0.15) is 0 Å². The summed E-state index contributed by atoms with van der Waals surface area (Å²) in [4.78, 5) is 27.5. The van der Waals surface area contributed by atoms with E-state index >= 15 is 0 Å². The van der Waals surface area contributed by atoms with Gasteiger partial charge in [0.15, 0.2) is 5.12 Å². The predicted octanol–water partition coefficient (Wildman–Crippen LogP) is 2.38. The minimum absolute atomic E-state index is 0.155. The van der Waals surface area contributed by atoms with Crippen LogP contribution in [-0.4, -0.2) is 59.3 Å². The molecule has 0 spiro atoms. The molecular formula is C16H28N2O2S. The lowest BCUT2D eigenvalue weighted by atomic mass is 10.1. The maximum Gasteiger partial charge on any atom is 0.222 e. The summed E-state index contributed by atoms with van der Waals surface area (Å²) < 4.78 is 0. The minimum atomic E-state index is 0.155. The number of carbonyl (C=O) groups excluding carboxylic acids is 2. The molecule has 5 heteroatoms. The number of amides is 1. The highest BCUT2D eigenvalue weighted by Gasteiger charge is 2.29. The van der Waals surface area contributed by atoms with Crippen molar-refractivity contribution < 1.29 is 9.59 Å². The number of hydrogen-bond donors (Lipinski definition) is 0. The third-order valence-electron chi connectivity index (χ3n) is 4.42. The summed E-state index contributed by atoms with van der Waals surface area (Å²) >= 11 is 1.36. The Morgan fingerprint density at radius 3 is 2.57 bits per heavy atom. The molecule has 21 heavy (non-hydrogen) atoms. The fraction of sp³-hybridized carbons (Fsp3) is 0.875. The van der Waals surface area contributed by atoms with Gasteiger partial charge in [0.1, 0.15) is 0 Å². The summed E-state index contributed by atoms with van der Waals surface area (Å²) in [5, 5.41) is 0.155. The van der Waals surface area contributed by atoms with Crippen LogP contribution in [0, 0.1) is 5.92 Å². The van der Waals surface area contributed by atoms with Crippen LogP contribution in [-0.2, 0) is 9.59 Å². The number of likely N-dealkylation sites (tertiary alicyclic amines) is 2. The highest BCUT2D eigenvalue weighted by molar-refractivity contribution is 8.13. The van der Waals surface area contributed by atoms with Crippen LogP contribution in [0.3, 0.4) is 0 Å². The fourth-order valence-corrected chi connectivity index (χ4v) is 3.96. The Hall–Kier alpha value is -0.550. The average molecular weight is 312 g/mol. The Balaban J connectivity index is 1.63. The van der Waals surface area contributed by atoms with Gasteiger partial charge in [-0.05, 0) is 44.8 Å². The van der Waals surface area contributed by atoms with Gasteiger partial charge < -0.3 is 9.80 Å². The predicted molar refractivity (Wildman–Crippen MR) is 87.4 cm³/mol. The molecule has 0 aliphatic carbocycles. The molecule has 0 bridgehead atoms. The summed E-state index contributed by atoms with van der Waals surface area (Å²) in [6.07, 6.45) is 7.11. The van der Waals surface area contributed by atoms with Crippen LogP contribution in [0.2, 0.25) is 0 Å². The Kier molecular flexibility index (Phi) is 7.04. The normalized spacial score (nSPS) is 24.3. The van der Waals surface area contributed by atoms with Crippen molar-refractivity contribution in [3.63, 3.8) is 0 Å². The van der Waals surface area contributed by atoms with Crippen molar-refractivity contribution in [3.8, 4) is 0 Å². The number of hydrogen-bond acceptors (Lipinski definition) is 4. The van der Waals surface area contributed by atoms with Crippen LogP contribution in [0.25, 0.3) is 0 Å². The van der Waals surface area contributed by atoms with Crippen LogP contribution < -0.4 is 0 Å². The largest absolute Gasteiger partial charge is 0.342 e. The molecule has 0 radical (unpaired) electrons. The van der Waals surface area contributed by atoms with Gasteiger partial charge in [0.2, 0.25) is 5.91 Å². The molecule has 0 aromatic heterocycles. The first-order valence-electron chi connectivity index (χ1n) is 8.28. The molecule has 4 nitrogen and oxygen atoms in total. The van der Waals surface area contributed by atoms with E-state index < -0.39 is 0 Å². The molecule has 1 amide bonds. The standard InChI is InChI=1S/C16H28N2O2S/c1-14(19)21-13-15-11-16(20)18(12-15)10-6-9-17-7-4-2-3-5-8-17/h15H,2-13H2,1H3. The van der Waals surface area contributed by atoms with E-state index in [1.807, 2.05) is 4.90 Å². The molecule has 0 N–H and O–H groups in total. The molecule has 0 aromatic rings. The lowest BCUT2D eigenvalue weighted by Gasteiger charge is -2.22. The molecule has 2 aliphatic rings. The lowest BCUT2D eigenvalue weighted by Crippen LogP contribution is -2.31. The second kappa shape index (κ2) is 8.79. The molecule has 1 unspecified atom stereocenters. The summed E-state index contributed by atoms with van der Waals surface area (Å²) in [6.45, 7) is 6.91. The first kappa shape index (κ1) is 16.8. The molecule has 0 saturated carbocycles. The van der Waals surface area contributed by atoms with Crippen molar-refractivity contribution in [1.82, 2.24) is 9.80 Å². The second-order valence-electron chi connectivity index (χ2n) is 6.32. The third kappa shape index (κ3) is 5.99. The summed E-state index contributed by atoms with van der Waals surface area (Å²) in [6, 6.07) is 0. The van der Waals surface area contributed by atoms with Crippen LogP contribution in [0.1, 0.15) is 45.4 Å². The summed E-state index contributed by atoms with van der Waals surface area (Å²) in [5.74, 6) is 1.44. The van der Waals surface area contributed by atoms with E-state index in [0.29, 0.717) is 12.3 Å². The molecule has 2 rings (SSSR count). The van der Waals surface area contributed by atoms with Crippen molar-refractivity contribution in [2.45, 2.75) is 45.4 Å². The number of carbonyl (C=O) groups is 2. The second-order valence-corrected chi connectivity index (χ2v) is 7.52. The molecule has 2 heterocycles. The van der Waals surface area contributed by atoms with Gasteiger partial charge in [-0.25, -0.2) is 0 Å². The highest BCUT2D eigenvalue weighted by atomic mass is 32.2. The first-order valence-corrected chi connectivity index (χ1v) is 9.27. The Morgan fingerprint density at radius 1 is 1.19 bits per heavy atom. The molecule has 1 atom stereocenters. The molecule has 2 fully saturated rings. The van der Waals surface area contributed by atoms with Crippen LogP contribution in [0.15, 0.2) is 0 Å². The highest BCUT2D eigenvalue weighted by Crippen LogP contribution is 2.22. The summed E-state index contributed by atoms with van der Waals surface area (Å²) in [7, 11) is 0. The number of thioether (sulfide) groups is 1. The van der Waals surface area contributed by atoms with Gasteiger partial charge in [0.25, 0.3) is 0 Å². The van der Waals surface area contributed by atoms with Crippen LogP contribution in [0.5, 0.6) is 0 Å². The Morgan fingerprint density at radius 2 is 1.90 bits per heavy atom. The van der Waals surface area contributed by atoms with E-state index in [4.69, 9.17) is 0 Å². The van der Waals surface area contributed by atoms with Crippen LogP contribution >= 0.6 is 11.8 Å². The smallest absolute Gasteiger partial charge is 0.222 e. The van der Waals surface area contributed by atoms with Gasteiger partial charge in [-0.15, -0.1) is 0 Å². The van der Waals surface area contributed by atoms with Gasteiger partial charge in [0, 0.05) is 32.2 Å². The quantitative estimate of drug-likeness (QED) is 0.755. The number of nitrogens with zero attached hydrogens (tertiary/aromatic N) is 2. The topological polar surface area (TPSA) is 40.6 Å². The average Bonchev–Trinajstić information content (AvgIpc) is 2.65. The Labute approximate surface area is 132 Å². The minimum Gasteiger partial charge on any atom is -0.342 e. The Bertz CT molecular complexity index is 354. The maximum atomic E-state index is 12.0. The number of rotatable bonds is 6. The molecular weight excluding hydrogens is 284 g/mol. The van der Waals surface area contributed by atoms with E-state index in [2.05, 4.69) is 4.90 Å². The van der Waals surface area contributed by atoms with Crippen molar-refractivity contribution in [3.05, 3.63) is 0 Å². The van der Waals surface area contributed by atoms with E-state index in [-0.39, 0.29) is 11.0 Å². The van der Waals surface area contributed by atoms with Crippen molar-refractivity contribution in [1.29, 1.82) is 0 Å². The van der Waals surface area contributed by atoms with Crippen molar-refractivity contribution >= 4 is 22.8 Å². The van der Waals surface area contributed by atoms with Gasteiger partial charge >= 0.3 is 0 Å². The van der Waals surface area contributed by atoms with Gasteiger partial charge in [-0.1, -0.05) is 24.6 Å². The molecule has 2 aliphatic heterocycles. The van der Waals surface area contributed by atoms with Crippen LogP contribution in [0.4, 0.5) is 0 Å². The molecule has 120 valence electrons. The van der Waals surface area contributed by atoms with E-state index in [0.717, 1.165) is 31.8 Å². The zero-order chi connectivity index (χ0) is 15.1. The lowest BCUT2D eigenvalue weighted by molar-refractivity contribution is -0.127. The SMILES string of the molecule is CC(=O)SCC1CC(=O)N(CCCN2CCCCCC2)C1. The van der Waals surface area contributed by atoms with E-state index in [9.17, 15) is 9.59 Å². The zero-order valence-electron chi connectivity index (χ0n) is 13.2. The summed E-state index contributed by atoms with van der Waals surface area (Å²) in [5.41, 5.74) is 0. The van der Waals surface area contributed by atoms with E-state index in [1.54, 1.807) is 6.92 Å². The zero-order valence-corrected chi connectivity index (χ0v) is 14.0. The third-order valence-corrected chi connectivity index (χ3v) is 5.46. The van der Waals surface area contributed by atoms with Crippen molar-refractivity contribution in [2.24, 2.45) is 5.92 Å². The van der Waals surface area contributed by atoms with Crippen molar-refractivity contribution in [2.75, 3.05) is 38.5 Å². The molecule has 0 aromatic carbocycles. The monoisotopic (exact) mass is 312 g/mol. The maximum absolute atomic E-state index is 12.0. The van der Waals surface area contributed by atoms with Gasteiger partial charge in [-0.3, -0.25) is 9.59 Å². The van der Waals surface area contributed by atoms with E-state index in [1.165, 1.54) is 50.5 Å². The fourth-order valence-electron chi connectivity index (χ4n) is 3.26.